The minimum absolute atomic E-state index is 0.0598. The van der Waals surface area contributed by atoms with Gasteiger partial charge >= 0.3 is 0 Å². The van der Waals surface area contributed by atoms with Gasteiger partial charge in [0.05, 0.1) is 0 Å². The van der Waals surface area contributed by atoms with E-state index in [9.17, 15) is 0 Å². The van der Waals surface area contributed by atoms with Gasteiger partial charge in [-0.1, -0.05) is 141 Å². The molecule has 8 aromatic rings. The van der Waals surface area contributed by atoms with Crippen molar-refractivity contribution >= 4 is 38.6 Å². The number of benzene rings is 8. The molecule has 0 heterocycles. The molecule has 228 valence electrons. The standard InChI is InChI=1S/C47H35N/c1-47(2)45-20-12-11-19-41(45)42-27-23-35(30-46(42)47)43-29-34-15-9-10-18-39(34)40-28-26-38(31-44(40)43)48(36-16-7-4-8-17-36)37-24-21-33(22-25-37)32-13-5-3-6-14-32/h3-31H,1-2H3. The summed E-state index contributed by atoms with van der Waals surface area (Å²) in [5.74, 6) is 0. The minimum Gasteiger partial charge on any atom is -0.310 e. The van der Waals surface area contributed by atoms with Gasteiger partial charge in [0.1, 0.15) is 0 Å². The van der Waals surface area contributed by atoms with Crippen LogP contribution in [0, 0.1) is 0 Å². The first-order valence-corrected chi connectivity index (χ1v) is 16.8. The maximum absolute atomic E-state index is 2.45. The Bertz CT molecular complexity index is 2460. The quantitative estimate of drug-likeness (QED) is 0.175. The van der Waals surface area contributed by atoms with Crippen molar-refractivity contribution in [3.63, 3.8) is 0 Å². The maximum atomic E-state index is 2.45. The molecule has 0 bridgehead atoms. The minimum atomic E-state index is -0.0598. The van der Waals surface area contributed by atoms with Crippen LogP contribution in [0.15, 0.2) is 176 Å². The smallest absolute Gasteiger partial charge is 0.0468 e. The van der Waals surface area contributed by atoms with E-state index in [-0.39, 0.29) is 5.41 Å². The molecule has 0 spiro atoms. The molecule has 0 atom stereocenters. The van der Waals surface area contributed by atoms with Gasteiger partial charge in [-0.3, -0.25) is 0 Å². The van der Waals surface area contributed by atoms with Gasteiger partial charge in [0.15, 0.2) is 0 Å². The van der Waals surface area contributed by atoms with Crippen LogP contribution in [-0.4, -0.2) is 0 Å². The van der Waals surface area contributed by atoms with Gasteiger partial charge in [-0.05, 0) is 115 Å². The summed E-state index contributed by atoms with van der Waals surface area (Å²) >= 11 is 0. The third-order valence-corrected chi connectivity index (χ3v) is 10.2. The first-order chi connectivity index (χ1) is 23.6. The van der Waals surface area contributed by atoms with Crippen molar-refractivity contribution in [3.8, 4) is 33.4 Å². The fourth-order valence-electron chi connectivity index (χ4n) is 7.80. The van der Waals surface area contributed by atoms with E-state index in [0.717, 1.165) is 17.1 Å². The highest BCUT2D eigenvalue weighted by molar-refractivity contribution is 6.15. The number of anilines is 3. The van der Waals surface area contributed by atoms with Crippen LogP contribution in [0.4, 0.5) is 17.1 Å². The van der Waals surface area contributed by atoms with E-state index < -0.39 is 0 Å². The van der Waals surface area contributed by atoms with Crippen LogP contribution >= 0.6 is 0 Å². The number of hydrogen-bond acceptors (Lipinski definition) is 1. The molecule has 0 fully saturated rings. The molecule has 0 aliphatic heterocycles. The molecule has 0 saturated heterocycles. The van der Waals surface area contributed by atoms with Gasteiger partial charge in [0.2, 0.25) is 0 Å². The molecule has 0 aromatic heterocycles. The SMILES string of the molecule is CC1(C)c2ccccc2-c2ccc(-c3cc4ccccc4c4ccc(N(c5ccccc5)c5ccc(-c6ccccc6)cc5)cc34)cc21. The Morgan fingerprint density at radius 1 is 0.354 bits per heavy atom. The molecular formula is C47H35N. The highest BCUT2D eigenvalue weighted by Gasteiger charge is 2.35. The van der Waals surface area contributed by atoms with Gasteiger partial charge in [0.25, 0.3) is 0 Å². The fraction of sp³-hybridized carbons (Fsp3) is 0.0638. The lowest BCUT2D eigenvalue weighted by Gasteiger charge is -2.26. The van der Waals surface area contributed by atoms with E-state index in [4.69, 9.17) is 0 Å². The number of rotatable bonds is 5. The molecule has 8 aromatic carbocycles. The fourth-order valence-corrected chi connectivity index (χ4v) is 7.80. The van der Waals surface area contributed by atoms with Crippen molar-refractivity contribution in [1.82, 2.24) is 0 Å². The van der Waals surface area contributed by atoms with Gasteiger partial charge in [-0.25, -0.2) is 0 Å². The predicted molar refractivity (Wildman–Crippen MR) is 205 cm³/mol. The van der Waals surface area contributed by atoms with Gasteiger partial charge < -0.3 is 4.90 Å². The van der Waals surface area contributed by atoms with Crippen molar-refractivity contribution in [2.75, 3.05) is 4.90 Å². The molecule has 1 aliphatic rings. The van der Waals surface area contributed by atoms with Gasteiger partial charge in [0, 0.05) is 22.5 Å². The van der Waals surface area contributed by atoms with Crippen LogP contribution in [0.25, 0.3) is 54.9 Å². The average molecular weight is 614 g/mol. The van der Waals surface area contributed by atoms with Crippen LogP contribution in [0.1, 0.15) is 25.0 Å². The number of fused-ring (bicyclic) bond motifs is 6. The van der Waals surface area contributed by atoms with Crippen molar-refractivity contribution in [3.05, 3.63) is 187 Å². The van der Waals surface area contributed by atoms with Crippen LogP contribution in [0.3, 0.4) is 0 Å². The van der Waals surface area contributed by atoms with Crippen molar-refractivity contribution in [2.24, 2.45) is 0 Å². The Kier molecular flexibility index (Phi) is 6.55. The summed E-state index contributed by atoms with van der Waals surface area (Å²) in [6.45, 7) is 4.72. The maximum Gasteiger partial charge on any atom is 0.0468 e. The summed E-state index contributed by atoms with van der Waals surface area (Å²) in [7, 11) is 0. The Hall–Kier alpha value is -5.92. The average Bonchev–Trinajstić information content (AvgIpc) is 3.38. The molecule has 48 heavy (non-hydrogen) atoms. The summed E-state index contributed by atoms with van der Waals surface area (Å²) in [5, 5.41) is 5.05. The number of para-hydroxylation sites is 1. The molecule has 0 unspecified atom stereocenters. The number of nitrogens with zero attached hydrogens (tertiary/aromatic N) is 1. The summed E-state index contributed by atoms with van der Waals surface area (Å²) < 4.78 is 0. The van der Waals surface area contributed by atoms with Crippen LogP contribution in [-0.2, 0) is 5.41 Å². The van der Waals surface area contributed by atoms with E-state index in [1.165, 1.54) is 66.1 Å². The first-order valence-electron chi connectivity index (χ1n) is 16.8. The zero-order chi connectivity index (χ0) is 32.2. The first kappa shape index (κ1) is 28.3. The zero-order valence-corrected chi connectivity index (χ0v) is 27.2. The Morgan fingerprint density at radius 2 is 0.958 bits per heavy atom. The van der Waals surface area contributed by atoms with Crippen LogP contribution in [0.5, 0.6) is 0 Å². The highest BCUT2D eigenvalue weighted by Crippen LogP contribution is 2.50. The topological polar surface area (TPSA) is 3.24 Å². The second-order valence-electron chi connectivity index (χ2n) is 13.4. The summed E-state index contributed by atoms with van der Waals surface area (Å²) in [6, 6.07) is 64.4. The monoisotopic (exact) mass is 613 g/mol. The molecule has 1 heteroatoms. The highest BCUT2D eigenvalue weighted by atomic mass is 15.1. The molecule has 0 N–H and O–H groups in total. The third kappa shape index (κ3) is 4.54. The van der Waals surface area contributed by atoms with E-state index in [0.29, 0.717) is 0 Å². The second kappa shape index (κ2) is 11.1. The Morgan fingerprint density at radius 3 is 1.77 bits per heavy atom. The molecule has 0 radical (unpaired) electrons. The van der Waals surface area contributed by atoms with Crippen LogP contribution in [0.2, 0.25) is 0 Å². The second-order valence-corrected chi connectivity index (χ2v) is 13.4. The van der Waals surface area contributed by atoms with E-state index in [2.05, 4.69) is 195 Å². The summed E-state index contributed by atoms with van der Waals surface area (Å²) in [4.78, 5) is 2.37. The van der Waals surface area contributed by atoms with Crippen LogP contribution < -0.4 is 4.90 Å². The number of hydrogen-bond donors (Lipinski definition) is 0. The van der Waals surface area contributed by atoms with Crippen molar-refractivity contribution < 1.29 is 0 Å². The Labute approximate surface area is 282 Å². The largest absolute Gasteiger partial charge is 0.310 e. The van der Waals surface area contributed by atoms with Gasteiger partial charge in [-0.15, -0.1) is 0 Å². The Balaban J connectivity index is 1.24. The lowest BCUT2D eigenvalue weighted by molar-refractivity contribution is 0.660. The van der Waals surface area contributed by atoms with Crippen molar-refractivity contribution in [1.29, 1.82) is 0 Å². The van der Waals surface area contributed by atoms with Gasteiger partial charge in [-0.2, -0.15) is 0 Å². The summed E-state index contributed by atoms with van der Waals surface area (Å²) in [6.07, 6.45) is 0. The molecule has 1 nitrogen and oxygen atoms in total. The van der Waals surface area contributed by atoms with Crippen molar-refractivity contribution in [2.45, 2.75) is 19.3 Å². The van der Waals surface area contributed by atoms with E-state index >= 15 is 0 Å². The lowest BCUT2D eigenvalue weighted by atomic mass is 9.81. The molecule has 0 amide bonds. The molecule has 0 saturated carbocycles. The van der Waals surface area contributed by atoms with E-state index in [1.54, 1.807) is 0 Å². The lowest BCUT2D eigenvalue weighted by Crippen LogP contribution is -2.14. The third-order valence-electron chi connectivity index (χ3n) is 10.2. The molecule has 1 aliphatic carbocycles. The summed E-state index contributed by atoms with van der Waals surface area (Å²) in [5.41, 5.74) is 13.8. The molecule has 9 rings (SSSR count). The normalized spacial score (nSPS) is 13.0. The predicted octanol–water partition coefficient (Wildman–Crippen LogP) is 13.1. The molecular weight excluding hydrogens is 579 g/mol. The van der Waals surface area contributed by atoms with E-state index in [1.807, 2.05) is 0 Å². The zero-order valence-electron chi connectivity index (χ0n) is 27.2.